The van der Waals surface area contributed by atoms with Gasteiger partial charge in [-0.2, -0.15) is 0 Å². The fraction of sp³-hybridized carbons (Fsp3) is 0.118. The number of carbonyl (C=O) groups is 3. The average molecular weight is 398 g/mol. The fourth-order valence-corrected chi connectivity index (χ4v) is 2.01. The van der Waals surface area contributed by atoms with E-state index in [-0.39, 0.29) is 22.0 Å². The van der Waals surface area contributed by atoms with Gasteiger partial charge in [0.25, 0.3) is 5.91 Å². The van der Waals surface area contributed by atoms with Crippen molar-refractivity contribution in [1.82, 2.24) is 5.32 Å². The molecule has 10 heteroatoms. The number of nitrogens with one attached hydrogen (secondary N) is 2. The first-order valence-electron chi connectivity index (χ1n) is 7.50. The first kappa shape index (κ1) is 20.1. The van der Waals surface area contributed by atoms with Crippen molar-refractivity contribution in [2.75, 3.05) is 24.2 Å². The summed E-state index contributed by atoms with van der Waals surface area (Å²) in [5.41, 5.74) is 5.89. The minimum Gasteiger partial charge on any atom is -0.452 e. The number of nitrogen functional groups attached to an aromatic ring is 1. The molecule has 0 fully saturated rings. The highest BCUT2D eigenvalue weighted by Gasteiger charge is 2.13. The van der Waals surface area contributed by atoms with Crippen molar-refractivity contribution in [2.24, 2.45) is 0 Å². The van der Waals surface area contributed by atoms with Crippen LogP contribution in [-0.2, 0) is 14.3 Å². The largest absolute Gasteiger partial charge is 0.452 e. The Labute approximate surface area is 157 Å². The SMILES string of the molecule is Nc1cc(C(=O)OCC(=O)NCC(=O)Nc2ccc(F)c(F)c2)ccc1Cl. The first-order valence-corrected chi connectivity index (χ1v) is 7.88. The molecule has 2 rings (SSSR count). The number of hydrogen-bond acceptors (Lipinski definition) is 5. The van der Waals surface area contributed by atoms with Gasteiger partial charge in [-0.3, -0.25) is 9.59 Å². The van der Waals surface area contributed by atoms with Gasteiger partial charge in [0, 0.05) is 11.8 Å². The van der Waals surface area contributed by atoms with Gasteiger partial charge < -0.3 is 21.1 Å². The number of halogens is 3. The summed E-state index contributed by atoms with van der Waals surface area (Å²) in [6.07, 6.45) is 0. The molecular formula is C17H14ClF2N3O4. The van der Waals surface area contributed by atoms with E-state index in [1.165, 1.54) is 18.2 Å². The zero-order chi connectivity index (χ0) is 20.0. The number of hydrogen-bond donors (Lipinski definition) is 3. The summed E-state index contributed by atoms with van der Waals surface area (Å²) in [7, 11) is 0. The van der Waals surface area contributed by atoms with Crippen molar-refractivity contribution < 1.29 is 27.9 Å². The summed E-state index contributed by atoms with van der Waals surface area (Å²) < 4.78 is 30.6. The zero-order valence-corrected chi connectivity index (χ0v) is 14.5. The predicted molar refractivity (Wildman–Crippen MR) is 94.1 cm³/mol. The van der Waals surface area contributed by atoms with Gasteiger partial charge >= 0.3 is 5.97 Å². The predicted octanol–water partition coefficient (Wildman–Crippen LogP) is 2.11. The molecule has 0 atom stereocenters. The Bertz CT molecular complexity index is 892. The highest BCUT2D eigenvalue weighted by atomic mass is 35.5. The van der Waals surface area contributed by atoms with Gasteiger partial charge in [-0.15, -0.1) is 0 Å². The third-order valence-electron chi connectivity index (χ3n) is 3.22. The third kappa shape index (κ3) is 5.93. The van der Waals surface area contributed by atoms with Gasteiger partial charge in [-0.05, 0) is 30.3 Å². The summed E-state index contributed by atoms with van der Waals surface area (Å²) in [5, 5.41) is 4.76. The number of benzene rings is 2. The van der Waals surface area contributed by atoms with E-state index in [1.807, 2.05) is 0 Å². The summed E-state index contributed by atoms with van der Waals surface area (Å²) in [4.78, 5) is 35.1. The van der Waals surface area contributed by atoms with E-state index in [0.717, 1.165) is 18.2 Å². The minimum absolute atomic E-state index is 0.0277. The lowest BCUT2D eigenvalue weighted by molar-refractivity contribution is -0.126. The van der Waals surface area contributed by atoms with E-state index < -0.39 is 42.6 Å². The van der Waals surface area contributed by atoms with E-state index in [2.05, 4.69) is 10.6 Å². The maximum absolute atomic E-state index is 13.0. The van der Waals surface area contributed by atoms with Crippen LogP contribution in [-0.4, -0.2) is 30.9 Å². The number of ether oxygens (including phenoxy) is 1. The van der Waals surface area contributed by atoms with Gasteiger partial charge in [-0.25, -0.2) is 13.6 Å². The monoisotopic (exact) mass is 397 g/mol. The number of esters is 1. The molecule has 2 aromatic rings. The van der Waals surface area contributed by atoms with Gasteiger partial charge in [0.2, 0.25) is 5.91 Å². The second-order valence-corrected chi connectivity index (χ2v) is 5.67. The molecule has 0 aromatic heterocycles. The molecule has 0 aliphatic rings. The van der Waals surface area contributed by atoms with Crippen LogP contribution in [0.3, 0.4) is 0 Å². The Morgan fingerprint density at radius 3 is 2.44 bits per heavy atom. The van der Waals surface area contributed by atoms with Crippen LogP contribution >= 0.6 is 11.6 Å². The molecule has 7 nitrogen and oxygen atoms in total. The average Bonchev–Trinajstić information content (AvgIpc) is 2.63. The van der Waals surface area contributed by atoms with Crippen molar-refractivity contribution in [3.05, 3.63) is 58.6 Å². The van der Waals surface area contributed by atoms with Crippen LogP contribution in [0, 0.1) is 11.6 Å². The molecular weight excluding hydrogens is 384 g/mol. The lowest BCUT2D eigenvalue weighted by atomic mass is 10.2. The molecule has 142 valence electrons. The highest BCUT2D eigenvalue weighted by molar-refractivity contribution is 6.33. The van der Waals surface area contributed by atoms with Crippen LogP contribution in [0.4, 0.5) is 20.2 Å². The van der Waals surface area contributed by atoms with Crippen LogP contribution in [0.25, 0.3) is 0 Å². The maximum Gasteiger partial charge on any atom is 0.338 e. The van der Waals surface area contributed by atoms with Gasteiger partial charge in [0.1, 0.15) is 0 Å². The molecule has 0 aliphatic heterocycles. The van der Waals surface area contributed by atoms with Gasteiger partial charge in [-0.1, -0.05) is 11.6 Å². The molecule has 0 saturated carbocycles. The van der Waals surface area contributed by atoms with E-state index >= 15 is 0 Å². The normalized spacial score (nSPS) is 10.2. The van der Waals surface area contributed by atoms with Crippen LogP contribution in [0.15, 0.2) is 36.4 Å². The number of anilines is 2. The fourth-order valence-electron chi connectivity index (χ4n) is 1.89. The minimum atomic E-state index is -1.12. The van der Waals surface area contributed by atoms with E-state index in [0.29, 0.717) is 0 Å². The Balaban J connectivity index is 1.76. The second-order valence-electron chi connectivity index (χ2n) is 5.27. The number of nitrogens with two attached hydrogens (primary N) is 1. The molecule has 0 heterocycles. The molecule has 0 saturated heterocycles. The zero-order valence-electron chi connectivity index (χ0n) is 13.7. The van der Waals surface area contributed by atoms with E-state index in [1.54, 1.807) is 0 Å². The Hall–Kier alpha value is -3.20. The standard InChI is InChI=1S/C17H14ClF2N3O4/c18-11-3-1-9(5-14(11)21)17(26)27-8-16(25)22-7-15(24)23-10-2-4-12(19)13(20)6-10/h1-6H,7-8,21H2,(H,22,25)(H,23,24). The molecule has 2 aromatic carbocycles. The van der Waals surface area contributed by atoms with Crippen molar-refractivity contribution in [3.8, 4) is 0 Å². The molecule has 2 amide bonds. The summed E-state index contributed by atoms with van der Waals surface area (Å²) >= 11 is 5.74. The summed E-state index contributed by atoms with van der Waals surface area (Å²) in [6, 6.07) is 6.92. The third-order valence-corrected chi connectivity index (χ3v) is 3.56. The topological polar surface area (TPSA) is 111 Å². The van der Waals surface area contributed by atoms with Gasteiger partial charge in [0.05, 0.1) is 22.8 Å². The second kappa shape index (κ2) is 8.95. The van der Waals surface area contributed by atoms with Crippen LogP contribution in [0.5, 0.6) is 0 Å². The molecule has 4 N–H and O–H groups in total. The number of carbonyl (C=O) groups excluding carboxylic acids is 3. The lowest BCUT2D eigenvalue weighted by Gasteiger charge is -2.08. The highest BCUT2D eigenvalue weighted by Crippen LogP contribution is 2.19. The maximum atomic E-state index is 13.0. The van der Waals surface area contributed by atoms with Crippen molar-refractivity contribution >= 4 is 40.8 Å². The molecule has 0 spiro atoms. The summed E-state index contributed by atoms with van der Waals surface area (Å²) in [5.74, 6) is -4.37. The number of amides is 2. The smallest absolute Gasteiger partial charge is 0.338 e. The van der Waals surface area contributed by atoms with Crippen molar-refractivity contribution in [3.63, 3.8) is 0 Å². The molecule has 0 bridgehead atoms. The molecule has 0 unspecified atom stereocenters. The Morgan fingerprint density at radius 2 is 1.78 bits per heavy atom. The Morgan fingerprint density at radius 1 is 1.04 bits per heavy atom. The Kier molecular flexibility index (Phi) is 6.67. The molecule has 0 aliphatic carbocycles. The molecule has 0 radical (unpaired) electrons. The lowest BCUT2D eigenvalue weighted by Crippen LogP contribution is -2.35. The quantitative estimate of drug-likeness (QED) is 0.510. The van der Waals surface area contributed by atoms with Crippen molar-refractivity contribution in [2.45, 2.75) is 0 Å². The van der Waals surface area contributed by atoms with Gasteiger partial charge in [0.15, 0.2) is 18.2 Å². The number of rotatable bonds is 6. The van der Waals surface area contributed by atoms with Crippen LogP contribution in [0.1, 0.15) is 10.4 Å². The van der Waals surface area contributed by atoms with E-state index in [4.69, 9.17) is 22.1 Å². The molecule has 27 heavy (non-hydrogen) atoms. The first-order chi connectivity index (χ1) is 12.8. The van der Waals surface area contributed by atoms with Crippen molar-refractivity contribution in [1.29, 1.82) is 0 Å². The summed E-state index contributed by atoms with van der Waals surface area (Å²) in [6.45, 7) is -1.08. The van der Waals surface area contributed by atoms with Crippen LogP contribution < -0.4 is 16.4 Å². The van der Waals surface area contributed by atoms with Crippen LogP contribution in [0.2, 0.25) is 5.02 Å². The van der Waals surface area contributed by atoms with E-state index in [9.17, 15) is 23.2 Å².